The molecule has 0 aromatic carbocycles. The lowest BCUT2D eigenvalue weighted by Gasteiger charge is -2.10. The molecule has 0 fully saturated rings. The number of carboxylic acid groups (broad SMARTS) is 1. The maximum Gasteiger partial charge on any atom is 0.303 e. The van der Waals surface area contributed by atoms with E-state index in [-0.39, 0.29) is 30.8 Å². The van der Waals surface area contributed by atoms with Crippen molar-refractivity contribution in [1.29, 1.82) is 0 Å². The minimum Gasteiger partial charge on any atom is -0.481 e. The van der Waals surface area contributed by atoms with E-state index in [9.17, 15) is 9.59 Å². The largest absolute Gasteiger partial charge is 0.481 e. The Kier molecular flexibility index (Phi) is 8.40. The van der Waals surface area contributed by atoms with E-state index in [1.54, 1.807) is 6.92 Å². The van der Waals surface area contributed by atoms with E-state index >= 15 is 0 Å². The highest BCUT2D eigenvalue weighted by Crippen LogP contribution is 2.06. The van der Waals surface area contributed by atoms with Crippen molar-refractivity contribution in [2.45, 2.75) is 46.1 Å². The van der Waals surface area contributed by atoms with Gasteiger partial charge in [0.25, 0.3) is 0 Å². The lowest BCUT2D eigenvalue weighted by molar-refractivity contribution is -0.138. The Labute approximate surface area is 103 Å². The van der Waals surface area contributed by atoms with Crippen LogP contribution >= 0.6 is 0 Å². The summed E-state index contributed by atoms with van der Waals surface area (Å²) in [4.78, 5) is 21.8. The van der Waals surface area contributed by atoms with Crippen LogP contribution in [0, 0.1) is 5.92 Å². The Morgan fingerprint density at radius 3 is 2.41 bits per heavy atom. The van der Waals surface area contributed by atoms with E-state index in [1.165, 1.54) is 0 Å². The first kappa shape index (κ1) is 15.9. The molecular formula is C12H23NO4. The Balaban J connectivity index is 3.49. The zero-order chi connectivity index (χ0) is 13.3. The van der Waals surface area contributed by atoms with Crippen molar-refractivity contribution >= 4 is 11.9 Å². The summed E-state index contributed by atoms with van der Waals surface area (Å²) in [6.07, 6.45) is 1.28. The number of hydrogen-bond donors (Lipinski definition) is 2. The van der Waals surface area contributed by atoms with E-state index in [1.807, 2.05) is 13.8 Å². The number of carbonyl (C=O) groups excluding carboxylic acids is 1. The van der Waals surface area contributed by atoms with Crippen LogP contribution in [-0.2, 0) is 14.3 Å². The molecule has 1 atom stereocenters. The summed E-state index contributed by atoms with van der Waals surface area (Å²) < 4.78 is 5.33. The summed E-state index contributed by atoms with van der Waals surface area (Å²) in [6, 6.07) is 0. The van der Waals surface area contributed by atoms with Gasteiger partial charge in [-0.3, -0.25) is 9.59 Å². The Morgan fingerprint density at radius 1 is 1.24 bits per heavy atom. The van der Waals surface area contributed by atoms with E-state index in [2.05, 4.69) is 5.32 Å². The number of ether oxygens (including phenoxy) is 1. The molecule has 0 aliphatic rings. The van der Waals surface area contributed by atoms with Crippen molar-refractivity contribution in [3.05, 3.63) is 0 Å². The summed E-state index contributed by atoms with van der Waals surface area (Å²) in [5.74, 6) is -1.08. The molecule has 0 aromatic heterocycles. The number of carboxylic acids is 1. The Bertz CT molecular complexity index is 241. The number of nitrogens with one attached hydrogen (secondary N) is 1. The molecule has 0 aromatic rings. The van der Waals surface area contributed by atoms with Crippen molar-refractivity contribution in [3.63, 3.8) is 0 Å². The van der Waals surface area contributed by atoms with Gasteiger partial charge in [0.2, 0.25) is 5.91 Å². The first-order valence-corrected chi connectivity index (χ1v) is 6.02. The topological polar surface area (TPSA) is 75.6 Å². The van der Waals surface area contributed by atoms with Crippen molar-refractivity contribution in [3.8, 4) is 0 Å². The molecule has 0 saturated heterocycles. The van der Waals surface area contributed by atoms with Crippen LogP contribution in [0.15, 0.2) is 0 Å². The first-order valence-electron chi connectivity index (χ1n) is 6.02. The van der Waals surface area contributed by atoms with Gasteiger partial charge < -0.3 is 15.2 Å². The van der Waals surface area contributed by atoms with Crippen molar-refractivity contribution in [2.75, 3.05) is 13.2 Å². The summed E-state index contributed by atoms with van der Waals surface area (Å²) in [5, 5.41) is 11.3. The molecule has 0 bridgehead atoms. The van der Waals surface area contributed by atoms with Crippen LogP contribution < -0.4 is 5.32 Å². The molecule has 100 valence electrons. The van der Waals surface area contributed by atoms with Crippen molar-refractivity contribution < 1.29 is 19.4 Å². The average Bonchev–Trinajstić information content (AvgIpc) is 2.14. The smallest absolute Gasteiger partial charge is 0.303 e. The second-order valence-electron chi connectivity index (χ2n) is 4.53. The fourth-order valence-corrected chi connectivity index (χ4v) is 1.38. The molecule has 1 amide bonds. The van der Waals surface area contributed by atoms with Gasteiger partial charge in [0.15, 0.2) is 0 Å². The Hall–Kier alpha value is -1.10. The van der Waals surface area contributed by atoms with Crippen LogP contribution in [0.1, 0.15) is 40.0 Å². The zero-order valence-corrected chi connectivity index (χ0v) is 10.9. The standard InChI is InChI=1S/C12H23NO4/c1-9(2)17-6-4-5-13-11(14)7-10(3)8-12(15)16/h9-10H,4-8H2,1-3H3,(H,13,14)(H,15,16). The number of amides is 1. The number of aliphatic carboxylic acids is 1. The van der Waals surface area contributed by atoms with Gasteiger partial charge in [0.05, 0.1) is 6.10 Å². The molecule has 0 radical (unpaired) electrons. The molecular weight excluding hydrogens is 222 g/mol. The summed E-state index contributed by atoms with van der Waals surface area (Å²) in [6.45, 7) is 6.89. The number of hydrogen-bond acceptors (Lipinski definition) is 3. The minimum absolute atomic E-state index is 0.0316. The average molecular weight is 245 g/mol. The van der Waals surface area contributed by atoms with E-state index in [4.69, 9.17) is 9.84 Å². The lowest BCUT2D eigenvalue weighted by atomic mass is 10.0. The van der Waals surface area contributed by atoms with Crippen molar-refractivity contribution in [2.24, 2.45) is 5.92 Å². The first-order chi connectivity index (χ1) is 7.91. The monoisotopic (exact) mass is 245 g/mol. The minimum atomic E-state index is -0.865. The normalized spacial score (nSPS) is 12.5. The van der Waals surface area contributed by atoms with Gasteiger partial charge in [-0.2, -0.15) is 0 Å². The summed E-state index contributed by atoms with van der Waals surface area (Å²) >= 11 is 0. The van der Waals surface area contributed by atoms with Crippen LogP contribution in [0.3, 0.4) is 0 Å². The van der Waals surface area contributed by atoms with Gasteiger partial charge in [0, 0.05) is 26.0 Å². The highest BCUT2D eigenvalue weighted by molar-refractivity contribution is 5.77. The van der Waals surface area contributed by atoms with Crippen LogP contribution in [0.5, 0.6) is 0 Å². The zero-order valence-electron chi connectivity index (χ0n) is 10.9. The summed E-state index contributed by atoms with van der Waals surface area (Å²) in [7, 11) is 0. The molecule has 0 saturated carbocycles. The van der Waals surface area contributed by atoms with Crippen molar-refractivity contribution in [1.82, 2.24) is 5.32 Å². The van der Waals surface area contributed by atoms with Gasteiger partial charge in [-0.05, 0) is 26.2 Å². The predicted octanol–water partition coefficient (Wildman–Crippen LogP) is 1.42. The molecule has 2 N–H and O–H groups in total. The SMILES string of the molecule is CC(CC(=O)O)CC(=O)NCCCOC(C)C. The van der Waals surface area contributed by atoms with Crippen LogP contribution in [0.4, 0.5) is 0 Å². The van der Waals surface area contributed by atoms with E-state index in [0.717, 1.165) is 6.42 Å². The molecule has 0 spiro atoms. The third-order valence-corrected chi connectivity index (χ3v) is 2.15. The molecule has 0 aliphatic carbocycles. The third kappa shape index (κ3) is 11.2. The maximum absolute atomic E-state index is 11.4. The predicted molar refractivity (Wildman–Crippen MR) is 64.7 cm³/mol. The maximum atomic E-state index is 11.4. The lowest BCUT2D eigenvalue weighted by Crippen LogP contribution is -2.27. The quantitative estimate of drug-likeness (QED) is 0.602. The molecule has 1 unspecified atom stereocenters. The molecule has 0 rings (SSSR count). The second kappa shape index (κ2) is 8.98. The molecule has 0 heterocycles. The Morgan fingerprint density at radius 2 is 1.88 bits per heavy atom. The van der Waals surface area contributed by atoms with Crippen LogP contribution in [0.25, 0.3) is 0 Å². The molecule has 17 heavy (non-hydrogen) atoms. The van der Waals surface area contributed by atoms with Gasteiger partial charge in [0.1, 0.15) is 0 Å². The fraction of sp³-hybridized carbons (Fsp3) is 0.833. The van der Waals surface area contributed by atoms with Gasteiger partial charge >= 0.3 is 5.97 Å². The molecule has 5 heteroatoms. The van der Waals surface area contributed by atoms with Crippen LogP contribution in [0.2, 0.25) is 0 Å². The summed E-state index contributed by atoms with van der Waals surface area (Å²) in [5.41, 5.74) is 0. The highest BCUT2D eigenvalue weighted by Gasteiger charge is 2.11. The molecule has 5 nitrogen and oxygen atoms in total. The van der Waals surface area contributed by atoms with E-state index < -0.39 is 5.97 Å². The van der Waals surface area contributed by atoms with Gasteiger partial charge in [-0.25, -0.2) is 0 Å². The fourth-order valence-electron chi connectivity index (χ4n) is 1.38. The highest BCUT2D eigenvalue weighted by atomic mass is 16.5. The van der Waals surface area contributed by atoms with Crippen LogP contribution in [-0.4, -0.2) is 36.2 Å². The number of rotatable bonds is 9. The second-order valence-corrected chi connectivity index (χ2v) is 4.53. The number of carbonyl (C=O) groups is 2. The van der Waals surface area contributed by atoms with Gasteiger partial charge in [-0.15, -0.1) is 0 Å². The van der Waals surface area contributed by atoms with Gasteiger partial charge in [-0.1, -0.05) is 6.92 Å². The third-order valence-electron chi connectivity index (χ3n) is 2.15. The van der Waals surface area contributed by atoms with E-state index in [0.29, 0.717) is 13.2 Å². The molecule has 0 aliphatic heterocycles.